The number of hydrogen-bond acceptors (Lipinski definition) is 3. The van der Waals surface area contributed by atoms with Gasteiger partial charge in [-0.05, 0) is 37.8 Å². The molecule has 1 aliphatic rings. The normalized spacial score (nSPS) is 17.9. The van der Waals surface area contributed by atoms with E-state index in [1.807, 2.05) is 0 Å². The van der Waals surface area contributed by atoms with Crippen LogP contribution in [0, 0.1) is 0 Å². The average Bonchev–Trinajstić information content (AvgIpc) is 2.54. The molecular formula is C19H26N2O. The number of piperidine rings is 1. The van der Waals surface area contributed by atoms with Crippen LogP contribution in [0.3, 0.4) is 0 Å². The quantitative estimate of drug-likeness (QED) is 0.929. The van der Waals surface area contributed by atoms with E-state index in [4.69, 9.17) is 4.98 Å². The van der Waals surface area contributed by atoms with Crippen molar-refractivity contribution in [3.8, 4) is 0 Å². The van der Waals surface area contributed by atoms with Crippen molar-refractivity contribution in [2.24, 2.45) is 0 Å². The van der Waals surface area contributed by atoms with Crippen LogP contribution in [-0.4, -0.2) is 28.8 Å². The fraction of sp³-hybridized carbons (Fsp3) is 0.526. The van der Waals surface area contributed by atoms with Crippen LogP contribution in [0.15, 0.2) is 30.3 Å². The van der Waals surface area contributed by atoms with Crippen molar-refractivity contribution in [2.45, 2.75) is 51.6 Å². The van der Waals surface area contributed by atoms with Crippen molar-refractivity contribution < 1.29 is 5.11 Å². The zero-order valence-corrected chi connectivity index (χ0v) is 13.7. The van der Waals surface area contributed by atoms with Gasteiger partial charge in [0.2, 0.25) is 0 Å². The van der Waals surface area contributed by atoms with Crippen LogP contribution in [0.2, 0.25) is 0 Å². The Bertz CT molecular complexity index is 645. The molecule has 0 unspecified atom stereocenters. The summed E-state index contributed by atoms with van der Waals surface area (Å²) >= 11 is 0. The number of rotatable bonds is 4. The lowest BCUT2D eigenvalue weighted by molar-refractivity contribution is 0.00744. The third-order valence-corrected chi connectivity index (χ3v) is 4.86. The van der Waals surface area contributed by atoms with Crippen LogP contribution in [0.4, 0.5) is 5.69 Å². The van der Waals surface area contributed by atoms with Gasteiger partial charge < -0.3 is 10.0 Å². The Balaban J connectivity index is 1.91. The van der Waals surface area contributed by atoms with Gasteiger partial charge in [-0.25, -0.2) is 0 Å². The molecular weight excluding hydrogens is 272 g/mol. The topological polar surface area (TPSA) is 36.4 Å². The van der Waals surface area contributed by atoms with Gasteiger partial charge in [0.05, 0.1) is 11.1 Å². The molecule has 1 N–H and O–H groups in total. The van der Waals surface area contributed by atoms with E-state index in [0.717, 1.165) is 56.4 Å². The number of fused-ring (bicyclic) bond motifs is 1. The maximum Gasteiger partial charge on any atom is 0.0726 e. The molecule has 3 nitrogen and oxygen atoms in total. The number of aryl methyl sites for hydroxylation is 1. The van der Waals surface area contributed by atoms with E-state index in [-0.39, 0.29) is 0 Å². The molecule has 2 aromatic rings. The lowest BCUT2D eigenvalue weighted by Crippen LogP contribution is -2.44. The molecule has 1 aromatic heterocycles. The first kappa shape index (κ1) is 15.3. The van der Waals surface area contributed by atoms with Gasteiger partial charge in [0.25, 0.3) is 0 Å². The number of benzene rings is 1. The summed E-state index contributed by atoms with van der Waals surface area (Å²) in [6, 6.07) is 10.6. The second kappa shape index (κ2) is 6.25. The van der Waals surface area contributed by atoms with Crippen molar-refractivity contribution in [1.29, 1.82) is 0 Å². The Morgan fingerprint density at radius 1 is 1.18 bits per heavy atom. The highest BCUT2D eigenvalue weighted by molar-refractivity contribution is 5.92. The minimum Gasteiger partial charge on any atom is -0.390 e. The summed E-state index contributed by atoms with van der Waals surface area (Å²) in [6.45, 7) is 6.15. The lowest BCUT2D eigenvalue weighted by Gasteiger charge is -2.39. The Labute approximate surface area is 133 Å². The fourth-order valence-corrected chi connectivity index (χ4v) is 3.53. The molecule has 118 valence electrons. The highest BCUT2D eigenvalue weighted by atomic mass is 16.3. The predicted octanol–water partition coefficient (Wildman–Crippen LogP) is 3.93. The van der Waals surface area contributed by atoms with E-state index < -0.39 is 5.60 Å². The number of para-hydroxylation sites is 1. The molecule has 0 bridgehead atoms. The van der Waals surface area contributed by atoms with E-state index in [1.165, 1.54) is 11.1 Å². The monoisotopic (exact) mass is 298 g/mol. The largest absolute Gasteiger partial charge is 0.390 e. The molecule has 0 atom stereocenters. The summed E-state index contributed by atoms with van der Waals surface area (Å²) < 4.78 is 0. The summed E-state index contributed by atoms with van der Waals surface area (Å²) in [7, 11) is 0. The van der Waals surface area contributed by atoms with Gasteiger partial charge in [-0.3, -0.25) is 4.98 Å². The van der Waals surface area contributed by atoms with Crippen molar-refractivity contribution in [2.75, 3.05) is 18.0 Å². The predicted molar refractivity (Wildman–Crippen MR) is 92.4 cm³/mol. The molecule has 1 saturated heterocycles. The molecule has 3 rings (SSSR count). The molecule has 3 heteroatoms. The van der Waals surface area contributed by atoms with Gasteiger partial charge in [0.1, 0.15) is 0 Å². The molecule has 1 fully saturated rings. The van der Waals surface area contributed by atoms with Crippen LogP contribution < -0.4 is 4.90 Å². The number of pyridine rings is 1. The molecule has 0 aliphatic carbocycles. The maximum absolute atomic E-state index is 10.6. The van der Waals surface area contributed by atoms with Crippen LogP contribution in [0.5, 0.6) is 0 Å². The van der Waals surface area contributed by atoms with Crippen molar-refractivity contribution in [3.05, 3.63) is 36.0 Å². The first-order chi connectivity index (χ1) is 10.6. The Morgan fingerprint density at radius 3 is 2.59 bits per heavy atom. The molecule has 2 heterocycles. The van der Waals surface area contributed by atoms with Gasteiger partial charge in [0.15, 0.2) is 0 Å². The Morgan fingerprint density at radius 2 is 1.91 bits per heavy atom. The summed E-state index contributed by atoms with van der Waals surface area (Å²) in [6.07, 6.45) is 4.64. The molecule has 1 aromatic carbocycles. The fourth-order valence-electron chi connectivity index (χ4n) is 3.53. The van der Waals surface area contributed by atoms with E-state index in [9.17, 15) is 5.11 Å². The summed E-state index contributed by atoms with van der Waals surface area (Å²) in [5.74, 6) is 0. The van der Waals surface area contributed by atoms with E-state index in [2.05, 4.69) is 49.1 Å². The second-order valence-electron chi connectivity index (χ2n) is 6.46. The van der Waals surface area contributed by atoms with Crippen molar-refractivity contribution in [3.63, 3.8) is 0 Å². The molecule has 0 spiro atoms. The summed E-state index contributed by atoms with van der Waals surface area (Å²) in [4.78, 5) is 7.16. The van der Waals surface area contributed by atoms with Crippen LogP contribution >= 0.6 is 0 Å². The van der Waals surface area contributed by atoms with Gasteiger partial charge >= 0.3 is 0 Å². The summed E-state index contributed by atoms with van der Waals surface area (Å²) in [5, 5.41) is 11.8. The Kier molecular flexibility index (Phi) is 4.34. The number of hydrogen-bond donors (Lipinski definition) is 1. The summed E-state index contributed by atoms with van der Waals surface area (Å²) in [5.41, 5.74) is 3.04. The molecule has 22 heavy (non-hydrogen) atoms. The zero-order chi connectivity index (χ0) is 15.6. The first-order valence-electron chi connectivity index (χ1n) is 8.51. The zero-order valence-electron chi connectivity index (χ0n) is 13.7. The standard InChI is InChI=1S/C19H26N2O/c1-3-9-19(22)10-12-21(13-11-19)18-14-15(4-2)20-17-8-6-5-7-16(17)18/h5-8,14,22H,3-4,9-13H2,1-2H3. The Hall–Kier alpha value is -1.61. The molecule has 0 saturated carbocycles. The third kappa shape index (κ3) is 2.95. The smallest absolute Gasteiger partial charge is 0.0726 e. The highest BCUT2D eigenvalue weighted by Gasteiger charge is 2.31. The number of aliphatic hydroxyl groups is 1. The number of anilines is 1. The minimum absolute atomic E-state index is 0.457. The van der Waals surface area contributed by atoms with Crippen molar-refractivity contribution >= 4 is 16.6 Å². The van der Waals surface area contributed by atoms with E-state index in [0.29, 0.717) is 0 Å². The maximum atomic E-state index is 10.6. The van der Waals surface area contributed by atoms with Crippen LogP contribution in [0.25, 0.3) is 10.9 Å². The first-order valence-corrected chi connectivity index (χ1v) is 8.51. The van der Waals surface area contributed by atoms with Crippen molar-refractivity contribution in [1.82, 2.24) is 4.98 Å². The SMILES string of the molecule is CCCC1(O)CCN(c2cc(CC)nc3ccccc23)CC1. The van der Waals surface area contributed by atoms with Gasteiger partial charge in [-0.2, -0.15) is 0 Å². The molecule has 0 amide bonds. The minimum atomic E-state index is -0.457. The second-order valence-corrected chi connectivity index (χ2v) is 6.46. The van der Waals surface area contributed by atoms with E-state index in [1.54, 1.807) is 0 Å². The lowest BCUT2D eigenvalue weighted by atomic mass is 9.87. The average molecular weight is 298 g/mol. The number of nitrogens with zero attached hydrogens (tertiary/aromatic N) is 2. The van der Waals surface area contributed by atoms with Crippen LogP contribution in [-0.2, 0) is 6.42 Å². The van der Waals surface area contributed by atoms with Gasteiger partial charge in [-0.1, -0.05) is 38.5 Å². The van der Waals surface area contributed by atoms with Gasteiger partial charge in [0, 0.05) is 29.9 Å². The van der Waals surface area contributed by atoms with Crippen LogP contribution in [0.1, 0.15) is 45.2 Å². The molecule has 0 radical (unpaired) electrons. The highest BCUT2D eigenvalue weighted by Crippen LogP contribution is 2.33. The van der Waals surface area contributed by atoms with E-state index >= 15 is 0 Å². The third-order valence-electron chi connectivity index (χ3n) is 4.86. The number of aromatic nitrogens is 1. The van der Waals surface area contributed by atoms with Gasteiger partial charge in [-0.15, -0.1) is 0 Å². The molecule has 1 aliphatic heterocycles.